The van der Waals surface area contributed by atoms with Gasteiger partial charge in [-0.15, -0.1) is 0 Å². The summed E-state index contributed by atoms with van der Waals surface area (Å²) in [5.41, 5.74) is 4.09. The van der Waals surface area contributed by atoms with Crippen molar-refractivity contribution in [1.82, 2.24) is 5.32 Å². The molecule has 1 aliphatic carbocycles. The molecule has 3 aromatic carbocycles. The number of rotatable bonds is 9. The first-order chi connectivity index (χ1) is 19.4. The van der Waals surface area contributed by atoms with E-state index >= 15 is 0 Å². The van der Waals surface area contributed by atoms with Gasteiger partial charge in [-0.1, -0.05) is 36.4 Å². The van der Waals surface area contributed by atoms with Crippen LogP contribution >= 0.6 is 0 Å². The van der Waals surface area contributed by atoms with Crippen molar-refractivity contribution in [3.05, 3.63) is 88.6 Å². The summed E-state index contributed by atoms with van der Waals surface area (Å²) in [6.45, 7) is 0.401. The number of hydrogen-bond donors (Lipinski definition) is 1. The van der Waals surface area contributed by atoms with Crippen LogP contribution in [0.15, 0.2) is 71.9 Å². The molecule has 3 aromatic rings. The van der Waals surface area contributed by atoms with Crippen molar-refractivity contribution >= 4 is 11.7 Å². The van der Waals surface area contributed by atoms with Gasteiger partial charge >= 0.3 is 0 Å². The van der Waals surface area contributed by atoms with Crippen LogP contribution in [0.25, 0.3) is 0 Å². The highest BCUT2D eigenvalue weighted by atomic mass is 16.5. The van der Waals surface area contributed by atoms with Gasteiger partial charge < -0.3 is 29.0 Å². The largest absolute Gasteiger partial charge is 0.493 e. The molecule has 1 aliphatic heterocycles. The lowest BCUT2D eigenvalue weighted by Gasteiger charge is -2.35. The van der Waals surface area contributed by atoms with Crippen LogP contribution in [0.3, 0.4) is 0 Å². The van der Waals surface area contributed by atoms with Crippen LogP contribution in [-0.2, 0) is 16.2 Å². The predicted octanol–water partition coefficient (Wildman–Crippen LogP) is 5.30. The first-order valence-electron chi connectivity index (χ1n) is 13.2. The Morgan fingerprint density at radius 1 is 0.725 bits per heavy atom. The second kappa shape index (κ2) is 11.7. The van der Waals surface area contributed by atoms with E-state index in [9.17, 15) is 9.59 Å². The van der Waals surface area contributed by atoms with E-state index < -0.39 is 0 Å². The number of amides is 1. The molecule has 0 spiro atoms. The molecule has 2 aliphatic rings. The van der Waals surface area contributed by atoms with E-state index in [0.29, 0.717) is 59.5 Å². The van der Waals surface area contributed by atoms with Crippen LogP contribution < -0.4 is 29.0 Å². The van der Waals surface area contributed by atoms with E-state index in [1.165, 1.54) is 0 Å². The van der Waals surface area contributed by atoms with E-state index in [1.54, 1.807) is 28.4 Å². The summed E-state index contributed by atoms with van der Waals surface area (Å²) >= 11 is 0. The number of nitrogens with one attached hydrogen (secondary N) is 1. The van der Waals surface area contributed by atoms with Gasteiger partial charge in [0.05, 0.1) is 28.4 Å². The molecule has 1 amide bonds. The molecule has 5 rings (SSSR count). The lowest BCUT2D eigenvalue weighted by Crippen LogP contribution is -2.38. The maximum atomic E-state index is 13.7. The molecular formula is C32H33NO7. The number of ether oxygens (including phenoxy) is 5. The maximum absolute atomic E-state index is 13.7. The van der Waals surface area contributed by atoms with E-state index in [4.69, 9.17) is 23.7 Å². The van der Waals surface area contributed by atoms with Gasteiger partial charge in [-0.25, -0.2) is 0 Å². The van der Waals surface area contributed by atoms with Gasteiger partial charge in [-0.3, -0.25) is 9.59 Å². The Kier molecular flexibility index (Phi) is 7.96. The highest BCUT2D eigenvalue weighted by molar-refractivity contribution is 6.02. The number of ketones is 1. The molecule has 40 heavy (non-hydrogen) atoms. The molecule has 0 bridgehead atoms. The Morgan fingerprint density at radius 2 is 1.40 bits per heavy atom. The minimum Gasteiger partial charge on any atom is -0.493 e. The van der Waals surface area contributed by atoms with Crippen molar-refractivity contribution in [2.75, 3.05) is 28.4 Å². The molecule has 2 atom stereocenters. The van der Waals surface area contributed by atoms with Crippen molar-refractivity contribution in [2.45, 2.75) is 37.7 Å². The minimum atomic E-state index is -0.366. The Morgan fingerprint density at radius 3 is 2.05 bits per heavy atom. The molecule has 1 heterocycles. The minimum absolute atomic E-state index is 0.00775. The lowest BCUT2D eigenvalue weighted by molar-refractivity contribution is -0.122. The van der Waals surface area contributed by atoms with Gasteiger partial charge in [-0.05, 0) is 53.3 Å². The number of carbonyl (C=O) groups excluding carboxylic acids is 2. The summed E-state index contributed by atoms with van der Waals surface area (Å²) in [6.07, 6.45) is 1.00. The van der Waals surface area contributed by atoms with Crippen LogP contribution in [0.2, 0.25) is 0 Å². The number of allylic oxidation sites excluding steroid dienone is 2. The van der Waals surface area contributed by atoms with Gasteiger partial charge in [0.15, 0.2) is 28.8 Å². The fraction of sp³-hybridized carbons (Fsp3) is 0.312. The van der Waals surface area contributed by atoms with E-state index in [2.05, 4.69) is 5.32 Å². The molecule has 0 saturated heterocycles. The number of Topliss-reactive ketones (excluding diaryl/α,β-unsaturated/α-hetero) is 1. The average Bonchev–Trinajstić information content (AvgIpc) is 2.98. The topological polar surface area (TPSA) is 92.3 Å². The standard InChI is InChI=1S/C32H33NO7/c1-36-27-14-20(10-11-26(27)40-18-19-8-6-5-7-9-19)23-17-30(35)33-24-12-21(13-25(34)31(23)24)22-15-28(37-2)32(39-4)29(16-22)38-3/h5-11,14-16,21,23H,12-13,17-18H2,1-4H3,(H,33,35). The van der Waals surface area contributed by atoms with E-state index in [0.717, 1.165) is 16.7 Å². The second-order valence-corrected chi connectivity index (χ2v) is 9.87. The molecule has 0 fully saturated rings. The van der Waals surface area contributed by atoms with Crippen molar-refractivity contribution in [1.29, 1.82) is 0 Å². The van der Waals surface area contributed by atoms with Gasteiger partial charge in [0.2, 0.25) is 11.7 Å². The first-order valence-corrected chi connectivity index (χ1v) is 13.2. The number of methoxy groups -OCH3 is 4. The highest BCUT2D eigenvalue weighted by Crippen LogP contribution is 2.47. The van der Waals surface area contributed by atoms with Crippen molar-refractivity contribution in [3.63, 3.8) is 0 Å². The molecule has 0 radical (unpaired) electrons. The van der Waals surface area contributed by atoms with Crippen molar-refractivity contribution in [2.24, 2.45) is 0 Å². The maximum Gasteiger partial charge on any atom is 0.225 e. The van der Waals surface area contributed by atoms with Gasteiger partial charge in [-0.2, -0.15) is 0 Å². The zero-order valence-corrected chi connectivity index (χ0v) is 23.1. The Hall–Kier alpha value is -4.46. The highest BCUT2D eigenvalue weighted by Gasteiger charge is 2.39. The number of carbonyl (C=O) groups is 2. The molecular weight excluding hydrogens is 510 g/mol. The molecule has 0 saturated carbocycles. The summed E-state index contributed by atoms with van der Waals surface area (Å²) in [4.78, 5) is 26.5. The van der Waals surface area contributed by atoms with Crippen molar-refractivity contribution in [3.8, 4) is 28.7 Å². The fourth-order valence-corrected chi connectivity index (χ4v) is 5.57. The molecule has 8 nitrogen and oxygen atoms in total. The Balaban J connectivity index is 1.43. The lowest BCUT2D eigenvalue weighted by atomic mass is 9.73. The molecule has 2 unspecified atom stereocenters. The Bertz CT molecular complexity index is 1420. The molecule has 208 valence electrons. The monoisotopic (exact) mass is 543 g/mol. The summed E-state index contributed by atoms with van der Waals surface area (Å²) in [6, 6.07) is 19.2. The summed E-state index contributed by atoms with van der Waals surface area (Å²) in [5, 5.41) is 2.98. The van der Waals surface area contributed by atoms with Crippen LogP contribution in [-0.4, -0.2) is 40.1 Å². The predicted molar refractivity (Wildman–Crippen MR) is 149 cm³/mol. The third-order valence-electron chi connectivity index (χ3n) is 7.52. The Labute approximate surface area is 233 Å². The first kappa shape index (κ1) is 27.1. The van der Waals surface area contributed by atoms with Crippen LogP contribution in [0.5, 0.6) is 28.7 Å². The van der Waals surface area contributed by atoms with Crippen molar-refractivity contribution < 1.29 is 33.3 Å². The fourth-order valence-electron chi connectivity index (χ4n) is 5.57. The summed E-state index contributed by atoms with van der Waals surface area (Å²) in [7, 11) is 6.26. The van der Waals surface area contributed by atoms with Crippen LogP contribution in [0.1, 0.15) is 47.8 Å². The van der Waals surface area contributed by atoms with Gasteiger partial charge in [0.25, 0.3) is 0 Å². The third kappa shape index (κ3) is 5.34. The third-order valence-corrected chi connectivity index (χ3v) is 7.52. The van der Waals surface area contributed by atoms with Crippen LogP contribution in [0, 0.1) is 0 Å². The zero-order chi connectivity index (χ0) is 28.2. The van der Waals surface area contributed by atoms with Gasteiger partial charge in [0, 0.05) is 30.0 Å². The molecule has 1 N–H and O–H groups in total. The van der Waals surface area contributed by atoms with Crippen LogP contribution in [0.4, 0.5) is 0 Å². The number of hydrogen-bond acceptors (Lipinski definition) is 7. The molecule has 0 aromatic heterocycles. The molecule has 8 heteroatoms. The average molecular weight is 544 g/mol. The van der Waals surface area contributed by atoms with E-state index in [1.807, 2.05) is 60.7 Å². The smallest absolute Gasteiger partial charge is 0.225 e. The second-order valence-electron chi connectivity index (χ2n) is 9.87. The normalized spacial score (nSPS) is 18.5. The summed E-state index contributed by atoms with van der Waals surface area (Å²) in [5.74, 6) is 2.07. The summed E-state index contributed by atoms with van der Waals surface area (Å²) < 4.78 is 28.1. The van der Waals surface area contributed by atoms with Gasteiger partial charge in [0.1, 0.15) is 6.61 Å². The number of benzene rings is 3. The van der Waals surface area contributed by atoms with E-state index in [-0.39, 0.29) is 29.9 Å². The zero-order valence-electron chi connectivity index (χ0n) is 23.1. The quantitative estimate of drug-likeness (QED) is 0.391. The SMILES string of the molecule is COc1cc(C2CC(=O)NC3=C2C(=O)CC(c2cc(OC)c(OC)c(OC)c2)C3)ccc1OCc1ccccc1.